The molecule has 0 radical (unpaired) electrons. The second kappa shape index (κ2) is 6.15. The second-order valence-corrected chi connectivity index (χ2v) is 5.92. The summed E-state index contributed by atoms with van der Waals surface area (Å²) >= 11 is 0. The van der Waals surface area contributed by atoms with E-state index in [9.17, 15) is 0 Å². The molecule has 5 aromatic rings. The molecule has 5 rings (SSSR count). The van der Waals surface area contributed by atoms with Crippen LogP contribution in [0.4, 0.5) is 0 Å². The van der Waals surface area contributed by atoms with Crippen molar-refractivity contribution in [3.8, 4) is 11.1 Å². The molecule has 0 unspecified atom stereocenters. The van der Waals surface area contributed by atoms with Crippen molar-refractivity contribution in [2.45, 2.75) is 0 Å². The van der Waals surface area contributed by atoms with Crippen LogP contribution in [0.25, 0.3) is 44.0 Å². The van der Waals surface area contributed by atoms with E-state index < -0.39 is 0 Å². The number of pyridine rings is 2. The van der Waals surface area contributed by atoms with Crippen LogP contribution in [0, 0.1) is 0 Å². The fourth-order valence-corrected chi connectivity index (χ4v) is 3.33. The molecule has 25 heavy (non-hydrogen) atoms. The first-order chi connectivity index (χ1) is 11.9. The van der Waals surface area contributed by atoms with E-state index >= 15 is 0 Å². The Morgan fingerprint density at radius 2 is 1.20 bits per heavy atom. The molecule has 3 aromatic carbocycles. The molecule has 0 aliphatic rings. The number of aromatic nitrogens is 2. The zero-order valence-corrected chi connectivity index (χ0v) is 14.2. The van der Waals surface area contributed by atoms with Gasteiger partial charge in [0.15, 0.2) is 5.65 Å². The predicted molar refractivity (Wildman–Crippen MR) is 107 cm³/mol. The zero-order valence-electron chi connectivity index (χ0n) is 13.4. The quantitative estimate of drug-likeness (QED) is 0.348. The van der Waals surface area contributed by atoms with E-state index in [1.165, 1.54) is 11.1 Å². The predicted octanol–water partition coefficient (Wildman–Crippen LogP) is 6.03. The molecule has 0 spiro atoms. The van der Waals surface area contributed by atoms with Crippen LogP contribution in [0.15, 0.2) is 84.9 Å². The van der Waals surface area contributed by atoms with Crippen molar-refractivity contribution < 1.29 is 0 Å². The molecule has 0 N–H and O–H groups in total. The molecule has 0 aliphatic heterocycles. The minimum atomic E-state index is 0. The molecule has 0 amide bonds. The number of rotatable bonds is 1. The van der Waals surface area contributed by atoms with E-state index in [1.54, 1.807) is 0 Å². The molecular formula is C22H15ClN2. The lowest BCUT2D eigenvalue weighted by atomic mass is 9.97. The lowest BCUT2D eigenvalue weighted by Gasteiger charge is -2.11. The molecular weight excluding hydrogens is 328 g/mol. The molecule has 3 heteroatoms. The van der Waals surface area contributed by atoms with Crippen LogP contribution in [-0.4, -0.2) is 9.97 Å². The Labute approximate surface area is 151 Å². The van der Waals surface area contributed by atoms with E-state index in [1.807, 2.05) is 30.3 Å². The molecule has 0 atom stereocenters. The van der Waals surface area contributed by atoms with Gasteiger partial charge in [0.1, 0.15) is 0 Å². The summed E-state index contributed by atoms with van der Waals surface area (Å²) in [6.07, 6.45) is 0. The number of hydrogen-bond donors (Lipinski definition) is 0. The van der Waals surface area contributed by atoms with Gasteiger partial charge in [0, 0.05) is 21.7 Å². The normalized spacial score (nSPS) is 10.9. The first kappa shape index (κ1) is 15.6. The van der Waals surface area contributed by atoms with Crippen molar-refractivity contribution in [2.24, 2.45) is 0 Å². The maximum Gasteiger partial charge on any atom is 0.161 e. The first-order valence-corrected chi connectivity index (χ1v) is 8.04. The number of fused-ring (bicyclic) bond motifs is 3. The van der Waals surface area contributed by atoms with Crippen molar-refractivity contribution in [2.75, 3.05) is 0 Å². The van der Waals surface area contributed by atoms with Gasteiger partial charge >= 0.3 is 0 Å². The van der Waals surface area contributed by atoms with Gasteiger partial charge in [0.25, 0.3) is 0 Å². The van der Waals surface area contributed by atoms with Gasteiger partial charge in [0.05, 0.1) is 11.0 Å². The summed E-state index contributed by atoms with van der Waals surface area (Å²) in [5.41, 5.74) is 5.15. The zero-order chi connectivity index (χ0) is 15.9. The Balaban J connectivity index is 0.00000157. The van der Waals surface area contributed by atoms with Gasteiger partial charge in [-0.25, -0.2) is 9.97 Å². The highest BCUT2D eigenvalue weighted by Crippen LogP contribution is 2.35. The van der Waals surface area contributed by atoms with Crippen LogP contribution in [0.1, 0.15) is 0 Å². The summed E-state index contributed by atoms with van der Waals surface area (Å²) in [7, 11) is 0. The van der Waals surface area contributed by atoms with Crippen LogP contribution in [0.3, 0.4) is 0 Å². The van der Waals surface area contributed by atoms with Gasteiger partial charge in [-0.15, -0.1) is 12.4 Å². The van der Waals surface area contributed by atoms with E-state index in [4.69, 9.17) is 9.97 Å². The lowest BCUT2D eigenvalue weighted by molar-refractivity contribution is 1.37. The third-order valence-electron chi connectivity index (χ3n) is 4.44. The highest BCUT2D eigenvalue weighted by atomic mass is 35.5. The maximum absolute atomic E-state index is 4.80. The topological polar surface area (TPSA) is 25.8 Å². The van der Waals surface area contributed by atoms with Gasteiger partial charge in [-0.3, -0.25) is 0 Å². The van der Waals surface area contributed by atoms with Crippen LogP contribution in [-0.2, 0) is 0 Å². The molecule has 2 heterocycles. The standard InChI is InChI=1S/C22H14N2.ClH/c1-2-8-15(9-3-1)21-17-11-5-7-13-20(17)24-22-18(21)14-16-10-4-6-12-19(16)23-22;/h1-14H;1H. The molecule has 120 valence electrons. The monoisotopic (exact) mass is 342 g/mol. The number of benzene rings is 3. The second-order valence-electron chi connectivity index (χ2n) is 5.92. The van der Waals surface area contributed by atoms with Crippen molar-refractivity contribution >= 4 is 45.2 Å². The van der Waals surface area contributed by atoms with Gasteiger partial charge < -0.3 is 0 Å². The molecule has 0 bridgehead atoms. The Hall–Kier alpha value is -2.97. The first-order valence-electron chi connectivity index (χ1n) is 8.04. The molecule has 0 saturated heterocycles. The Morgan fingerprint density at radius 3 is 2.04 bits per heavy atom. The van der Waals surface area contributed by atoms with E-state index in [0.717, 1.165) is 32.8 Å². The van der Waals surface area contributed by atoms with Crippen LogP contribution >= 0.6 is 12.4 Å². The minimum Gasteiger partial charge on any atom is -0.228 e. The molecule has 2 aromatic heterocycles. The summed E-state index contributed by atoms with van der Waals surface area (Å²) < 4.78 is 0. The Bertz CT molecular complexity index is 1190. The summed E-state index contributed by atoms with van der Waals surface area (Å²) in [4.78, 5) is 9.61. The average molecular weight is 343 g/mol. The van der Waals surface area contributed by atoms with E-state index in [0.29, 0.717) is 0 Å². The summed E-state index contributed by atoms with van der Waals surface area (Å²) in [6, 6.07) is 29.2. The molecule has 0 aliphatic carbocycles. The third kappa shape index (κ3) is 2.51. The number of nitrogens with zero attached hydrogens (tertiary/aromatic N) is 2. The SMILES string of the molecule is Cl.c1ccc(-c2c3ccccc3nc3nc4ccccc4cc23)cc1. The van der Waals surface area contributed by atoms with Gasteiger partial charge in [0.2, 0.25) is 0 Å². The van der Waals surface area contributed by atoms with Gasteiger partial charge in [-0.1, -0.05) is 66.7 Å². The van der Waals surface area contributed by atoms with Crippen LogP contribution < -0.4 is 0 Å². The van der Waals surface area contributed by atoms with Gasteiger partial charge in [-0.05, 0) is 23.8 Å². The average Bonchev–Trinajstić information content (AvgIpc) is 2.65. The third-order valence-corrected chi connectivity index (χ3v) is 4.44. The van der Waals surface area contributed by atoms with Crippen molar-refractivity contribution in [1.29, 1.82) is 0 Å². The minimum absolute atomic E-state index is 0. The van der Waals surface area contributed by atoms with E-state index in [-0.39, 0.29) is 12.4 Å². The fourth-order valence-electron chi connectivity index (χ4n) is 3.33. The largest absolute Gasteiger partial charge is 0.228 e. The summed E-state index contributed by atoms with van der Waals surface area (Å²) in [5.74, 6) is 0. The Kier molecular flexibility index (Phi) is 3.83. The number of hydrogen-bond acceptors (Lipinski definition) is 2. The number of halogens is 1. The fraction of sp³-hybridized carbons (Fsp3) is 0. The van der Waals surface area contributed by atoms with Gasteiger partial charge in [-0.2, -0.15) is 0 Å². The molecule has 0 fully saturated rings. The lowest BCUT2D eigenvalue weighted by Crippen LogP contribution is -1.92. The molecule has 2 nitrogen and oxygen atoms in total. The van der Waals surface area contributed by atoms with Crippen LogP contribution in [0.5, 0.6) is 0 Å². The van der Waals surface area contributed by atoms with Crippen molar-refractivity contribution in [3.63, 3.8) is 0 Å². The maximum atomic E-state index is 4.80. The van der Waals surface area contributed by atoms with Crippen molar-refractivity contribution in [3.05, 3.63) is 84.9 Å². The highest BCUT2D eigenvalue weighted by molar-refractivity contribution is 6.10. The summed E-state index contributed by atoms with van der Waals surface area (Å²) in [6.45, 7) is 0. The van der Waals surface area contributed by atoms with Crippen LogP contribution in [0.2, 0.25) is 0 Å². The smallest absolute Gasteiger partial charge is 0.161 e. The highest BCUT2D eigenvalue weighted by Gasteiger charge is 2.12. The Morgan fingerprint density at radius 1 is 0.560 bits per heavy atom. The summed E-state index contributed by atoms with van der Waals surface area (Å²) in [5, 5.41) is 3.39. The van der Waals surface area contributed by atoms with Crippen molar-refractivity contribution in [1.82, 2.24) is 9.97 Å². The number of para-hydroxylation sites is 2. The van der Waals surface area contributed by atoms with E-state index in [2.05, 4.69) is 54.6 Å². The molecule has 0 saturated carbocycles.